The molecule has 1 saturated heterocycles. The largest absolute Gasteiger partial charge is 0.480 e. The number of carbonyl (C=O) groups excluding carboxylic acids is 1. The number of carbonyl (C=O) groups is 1. The Hall–Kier alpha value is -4.91. The Bertz CT molecular complexity index is 2250. The smallest absolute Gasteiger partial charge is 0.232 e. The van der Waals surface area contributed by atoms with Crippen molar-refractivity contribution < 1.29 is 9.53 Å². The molecule has 2 aliphatic rings. The van der Waals surface area contributed by atoms with Gasteiger partial charge in [0.25, 0.3) is 0 Å². The molecule has 1 fully saturated rings. The maximum atomic E-state index is 13.5. The Balaban J connectivity index is 1.23. The zero-order valence-electron chi connectivity index (χ0n) is 23.8. The Morgan fingerprint density at radius 2 is 1.56 bits per heavy atom. The summed E-state index contributed by atoms with van der Waals surface area (Å²) in [4.78, 5) is 30.1. The zero-order chi connectivity index (χ0) is 30.9. The molecule has 216 valence electrons. The van der Waals surface area contributed by atoms with Gasteiger partial charge in [-0.05, 0) is 59.7 Å². The topological polar surface area (TPSA) is 92.0 Å². The number of pyridine rings is 1. The van der Waals surface area contributed by atoms with Gasteiger partial charge in [-0.3, -0.25) is 9.69 Å². The fraction of sp³-hybridized carbons (Fsp3) is 0.0833. The third-order valence-electron chi connectivity index (χ3n) is 8.55. The number of nitrogens with zero attached hydrogens (tertiary/aromatic N) is 5. The van der Waals surface area contributed by atoms with E-state index in [4.69, 9.17) is 14.7 Å². The maximum Gasteiger partial charge on any atom is 0.232 e. The summed E-state index contributed by atoms with van der Waals surface area (Å²) in [5, 5.41) is 9.95. The number of β-lactam (4-membered cyclic amide) rings is 1. The van der Waals surface area contributed by atoms with Crippen LogP contribution >= 0.6 is 31.9 Å². The number of hydrogen-bond donors (Lipinski definition) is 0. The summed E-state index contributed by atoms with van der Waals surface area (Å²) in [5.74, 6) is 0.266. The van der Waals surface area contributed by atoms with E-state index in [-0.39, 0.29) is 11.8 Å². The quantitative estimate of drug-likeness (QED) is 0.170. The van der Waals surface area contributed by atoms with E-state index in [1.165, 1.54) is 7.11 Å². The second-order valence-corrected chi connectivity index (χ2v) is 12.8. The number of fused-ring (bicyclic) bond motifs is 6. The first-order valence-electron chi connectivity index (χ1n) is 14.2. The van der Waals surface area contributed by atoms with Crippen LogP contribution in [0, 0.1) is 11.3 Å². The van der Waals surface area contributed by atoms with E-state index in [9.17, 15) is 10.1 Å². The van der Waals surface area contributed by atoms with Gasteiger partial charge in [0.1, 0.15) is 17.2 Å². The number of hydrogen-bond acceptors (Lipinski definition) is 6. The summed E-state index contributed by atoms with van der Waals surface area (Å²) in [6.07, 6.45) is 0.303. The highest BCUT2D eigenvalue weighted by molar-refractivity contribution is 9.10. The predicted octanol–water partition coefficient (Wildman–Crippen LogP) is 8.42. The van der Waals surface area contributed by atoms with Crippen LogP contribution in [0.3, 0.4) is 0 Å². The van der Waals surface area contributed by atoms with E-state index < -0.39 is 5.54 Å². The molecule has 7 nitrogen and oxygen atoms in total. The lowest BCUT2D eigenvalue weighted by molar-refractivity contribution is -0.126. The summed E-state index contributed by atoms with van der Waals surface area (Å²) in [7, 11) is 1.51. The van der Waals surface area contributed by atoms with Crippen LogP contribution in [0.15, 0.2) is 106 Å². The number of halogens is 2. The minimum absolute atomic E-state index is 0.0113. The molecule has 45 heavy (non-hydrogen) atoms. The van der Waals surface area contributed by atoms with Crippen LogP contribution in [0.25, 0.3) is 44.7 Å². The number of rotatable bonds is 4. The predicted molar refractivity (Wildman–Crippen MR) is 180 cm³/mol. The highest BCUT2D eigenvalue weighted by atomic mass is 79.9. The molecule has 2 aromatic heterocycles. The van der Waals surface area contributed by atoms with Crippen LogP contribution in [0.4, 0.5) is 5.69 Å². The van der Waals surface area contributed by atoms with E-state index in [1.54, 1.807) is 0 Å². The highest BCUT2D eigenvalue weighted by Gasteiger charge is 2.60. The van der Waals surface area contributed by atoms with Crippen molar-refractivity contribution >= 4 is 54.5 Å². The van der Waals surface area contributed by atoms with Crippen LogP contribution in [0.1, 0.15) is 23.2 Å². The molecule has 9 heteroatoms. The summed E-state index contributed by atoms with van der Waals surface area (Å²) in [6, 6.07) is 33.7. The number of ether oxygens (including phenoxy) is 1. The molecule has 6 aromatic rings. The van der Waals surface area contributed by atoms with Gasteiger partial charge < -0.3 is 4.74 Å². The Kier molecular flexibility index (Phi) is 6.34. The van der Waals surface area contributed by atoms with Crippen LogP contribution in [-0.2, 0) is 10.3 Å². The first-order valence-corrected chi connectivity index (χ1v) is 15.8. The number of aromatic nitrogens is 3. The van der Waals surface area contributed by atoms with Gasteiger partial charge in [-0.2, -0.15) is 5.26 Å². The van der Waals surface area contributed by atoms with Crippen LogP contribution in [-0.4, -0.2) is 28.0 Å². The highest BCUT2D eigenvalue weighted by Crippen LogP contribution is 2.57. The van der Waals surface area contributed by atoms with Gasteiger partial charge >= 0.3 is 0 Å². The Morgan fingerprint density at radius 1 is 0.822 bits per heavy atom. The van der Waals surface area contributed by atoms with Crippen molar-refractivity contribution in [1.29, 1.82) is 5.26 Å². The monoisotopic (exact) mass is 713 g/mol. The summed E-state index contributed by atoms with van der Waals surface area (Å²) in [5.41, 5.74) is 8.64. The molecule has 4 aromatic carbocycles. The minimum Gasteiger partial charge on any atom is -0.480 e. The Morgan fingerprint density at radius 3 is 2.29 bits per heavy atom. The lowest BCUT2D eigenvalue weighted by atomic mass is 9.77. The second-order valence-electron chi connectivity index (χ2n) is 11.0. The lowest BCUT2D eigenvalue weighted by Crippen LogP contribution is -2.61. The van der Waals surface area contributed by atoms with E-state index in [0.29, 0.717) is 17.7 Å². The molecule has 0 N–H and O–H groups in total. The molecule has 1 aliphatic heterocycles. The van der Waals surface area contributed by atoms with Gasteiger partial charge in [0.05, 0.1) is 41.6 Å². The summed E-state index contributed by atoms with van der Waals surface area (Å²) in [6.45, 7) is 0. The van der Waals surface area contributed by atoms with Gasteiger partial charge in [-0.1, -0.05) is 80.4 Å². The van der Waals surface area contributed by atoms with Crippen molar-refractivity contribution in [3.05, 3.63) is 123 Å². The normalized spacial score (nSPS) is 16.3. The fourth-order valence-electron chi connectivity index (χ4n) is 6.51. The molecule has 1 amide bonds. The molecular weight excluding hydrogens is 694 g/mol. The summed E-state index contributed by atoms with van der Waals surface area (Å²) >= 11 is 7.04. The van der Waals surface area contributed by atoms with Crippen molar-refractivity contribution in [3.63, 3.8) is 0 Å². The van der Waals surface area contributed by atoms with E-state index in [2.05, 4.69) is 55.0 Å². The molecule has 0 saturated carbocycles. The fourth-order valence-corrected chi connectivity index (χ4v) is 7.13. The minimum atomic E-state index is -0.751. The number of benzene rings is 4. The second kappa shape index (κ2) is 10.3. The van der Waals surface area contributed by atoms with Crippen molar-refractivity contribution in [1.82, 2.24) is 15.0 Å². The average molecular weight is 715 g/mol. The van der Waals surface area contributed by atoms with Crippen LogP contribution in [0.5, 0.6) is 5.88 Å². The first-order chi connectivity index (χ1) is 21.9. The molecule has 1 spiro atoms. The third-order valence-corrected chi connectivity index (χ3v) is 9.57. The van der Waals surface area contributed by atoms with E-state index >= 15 is 0 Å². The van der Waals surface area contributed by atoms with Crippen LogP contribution in [0.2, 0.25) is 0 Å². The van der Waals surface area contributed by atoms with Crippen molar-refractivity contribution in [2.45, 2.75) is 12.0 Å². The third kappa shape index (κ3) is 4.13. The molecule has 0 bridgehead atoms. The number of amides is 1. The Labute approximate surface area is 275 Å². The average Bonchev–Trinajstić information content (AvgIpc) is 3.34. The lowest BCUT2D eigenvalue weighted by Gasteiger charge is -2.50. The molecule has 1 aliphatic carbocycles. The summed E-state index contributed by atoms with van der Waals surface area (Å²) < 4.78 is 7.41. The molecule has 0 radical (unpaired) electrons. The first kappa shape index (κ1) is 27.6. The number of methoxy groups -OCH3 is 1. The molecule has 1 unspecified atom stereocenters. The van der Waals surface area contributed by atoms with E-state index in [1.807, 2.05) is 89.8 Å². The zero-order valence-corrected chi connectivity index (χ0v) is 26.9. The van der Waals surface area contributed by atoms with Gasteiger partial charge in [0.2, 0.25) is 11.8 Å². The molecular formula is C36H21Br2N5O2. The van der Waals surface area contributed by atoms with Crippen molar-refractivity contribution in [2.75, 3.05) is 12.0 Å². The standard InChI is InChI=1S/C36H21Br2N5O2/c1-45-35-27(19-39)26(20-6-10-22(37)11-7-20)17-30(42-35)21-8-13-24(14-9-21)43-32(44)18-36(43)28-5-3-2-4-25(28)33-34(36)41-31-16-23(38)12-15-29(31)40-33/h2-17H,18H2,1H3. The van der Waals surface area contributed by atoms with Gasteiger partial charge in [0.15, 0.2) is 0 Å². The molecule has 1 atom stereocenters. The van der Waals surface area contributed by atoms with Gasteiger partial charge in [-0.15, -0.1) is 0 Å². The van der Waals surface area contributed by atoms with Gasteiger partial charge in [0, 0.05) is 31.3 Å². The maximum absolute atomic E-state index is 13.5. The van der Waals surface area contributed by atoms with Crippen molar-refractivity contribution in [3.8, 4) is 45.6 Å². The van der Waals surface area contributed by atoms with Crippen molar-refractivity contribution in [2.24, 2.45) is 0 Å². The SMILES string of the molecule is COc1nc(-c2ccc(N3C(=O)CC34c3ccccc3-c3nc5ccc(Br)cc5nc34)cc2)cc(-c2ccc(Br)cc2)c1C#N. The number of anilines is 1. The number of nitriles is 1. The molecule has 3 heterocycles. The van der Waals surface area contributed by atoms with Gasteiger partial charge in [-0.25, -0.2) is 15.0 Å². The van der Waals surface area contributed by atoms with Crippen LogP contribution < -0.4 is 9.64 Å². The van der Waals surface area contributed by atoms with E-state index in [0.717, 1.165) is 64.9 Å². The molecule has 8 rings (SSSR count).